The van der Waals surface area contributed by atoms with Crippen LogP contribution in [0, 0.1) is 0 Å². The molecule has 124 valence electrons. The Bertz CT molecular complexity index is 664. The van der Waals surface area contributed by atoms with Crippen molar-refractivity contribution in [3.8, 4) is 0 Å². The number of ether oxygens (including phenoxy) is 1. The summed E-state index contributed by atoms with van der Waals surface area (Å²) in [6.45, 7) is 3.68. The number of carbonyl (C=O) groups is 1. The van der Waals surface area contributed by atoms with Crippen LogP contribution in [0.15, 0.2) is 12.4 Å². The van der Waals surface area contributed by atoms with Gasteiger partial charge >= 0.3 is 0 Å². The molecule has 1 amide bonds. The van der Waals surface area contributed by atoms with Crippen LogP contribution in [0.5, 0.6) is 0 Å². The maximum atomic E-state index is 12.4. The van der Waals surface area contributed by atoms with Gasteiger partial charge in [0.15, 0.2) is 5.82 Å². The van der Waals surface area contributed by atoms with E-state index in [1.165, 1.54) is 0 Å². The molecule has 23 heavy (non-hydrogen) atoms. The van der Waals surface area contributed by atoms with Crippen molar-refractivity contribution in [2.24, 2.45) is 7.05 Å². The quantitative estimate of drug-likeness (QED) is 0.873. The van der Waals surface area contributed by atoms with E-state index in [0.717, 1.165) is 24.2 Å². The van der Waals surface area contributed by atoms with E-state index in [0.29, 0.717) is 31.9 Å². The van der Waals surface area contributed by atoms with Gasteiger partial charge in [-0.3, -0.25) is 14.6 Å². The Balaban J connectivity index is 1.61. The molecule has 8 heteroatoms. The predicted molar refractivity (Wildman–Crippen MR) is 82.6 cm³/mol. The van der Waals surface area contributed by atoms with E-state index in [-0.39, 0.29) is 12.0 Å². The molecular weight excluding hydrogens is 296 g/mol. The van der Waals surface area contributed by atoms with E-state index in [2.05, 4.69) is 27.2 Å². The molecule has 0 radical (unpaired) electrons. The van der Waals surface area contributed by atoms with Gasteiger partial charge in [-0.1, -0.05) is 6.92 Å². The van der Waals surface area contributed by atoms with E-state index in [4.69, 9.17) is 4.74 Å². The van der Waals surface area contributed by atoms with Crippen molar-refractivity contribution in [2.45, 2.75) is 32.3 Å². The van der Waals surface area contributed by atoms with Gasteiger partial charge in [0.1, 0.15) is 11.9 Å². The minimum atomic E-state index is -0.261. The van der Waals surface area contributed by atoms with Gasteiger partial charge in [-0.05, 0) is 12.0 Å². The number of morpholine rings is 1. The third kappa shape index (κ3) is 3.76. The van der Waals surface area contributed by atoms with Gasteiger partial charge in [-0.25, -0.2) is 4.98 Å². The van der Waals surface area contributed by atoms with Crippen molar-refractivity contribution < 1.29 is 9.53 Å². The van der Waals surface area contributed by atoms with Crippen molar-refractivity contribution in [1.29, 1.82) is 0 Å². The number of amides is 1. The molecule has 0 aromatic carbocycles. The first kappa shape index (κ1) is 15.7. The van der Waals surface area contributed by atoms with Gasteiger partial charge in [0, 0.05) is 26.2 Å². The molecule has 1 aliphatic rings. The zero-order chi connectivity index (χ0) is 16.2. The number of nitrogens with one attached hydrogen (secondary N) is 1. The Morgan fingerprint density at radius 2 is 2.39 bits per heavy atom. The van der Waals surface area contributed by atoms with Crippen LogP contribution in [0.1, 0.15) is 36.7 Å². The zero-order valence-electron chi connectivity index (χ0n) is 13.5. The number of rotatable bonds is 5. The van der Waals surface area contributed by atoms with Gasteiger partial charge in [0.2, 0.25) is 5.91 Å². The summed E-state index contributed by atoms with van der Waals surface area (Å²) in [7, 11) is 1.84. The summed E-state index contributed by atoms with van der Waals surface area (Å²) in [5.41, 5.74) is 0.920. The SMILES string of the molecule is CCCc1nc(C2CN(C(=O)Cc3cnn(C)c3)CCO2)n[nH]1. The molecule has 0 saturated carbocycles. The summed E-state index contributed by atoms with van der Waals surface area (Å²) in [5, 5.41) is 11.3. The molecular formula is C15H22N6O2. The molecule has 1 unspecified atom stereocenters. The lowest BCUT2D eigenvalue weighted by atomic mass is 10.2. The van der Waals surface area contributed by atoms with Gasteiger partial charge < -0.3 is 9.64 Å². The lowest BCUT2D eigenvalue weighted by Gasteiger charge is -2.31. The van der Waals surface area contributed by atoms with Crippen LogP contribution in [0.2, 0.25) is 0 Å². The number of hydrogen-bond donors (Lipinski definition) is 1. The minimum absolute atomic E-state index is 0.0793. The Labute approximate surface area is 134 Å². The van der Waals surface area contributed by atoms with E-state index < -0.39 is 0 Å². The van der Waals surface area contributed by atoms with Crippen molar-refractivity contribution in [3.63, 3.8) is 0 Å². The van der Waals surface area contributed by atoms with E-state index in [1.54, 1.807) is 10.9 Å². The lowest BCUT2D eigenvalue weighted by Crippen LogP contribution is -2.43. The molecule has 0 spiro atoms. The van der Waals surface area contributed by atoms with E-state index in [9.17, 15) is 4.79 Å². The number of H-pyrrole nitrogens is 1. The Kier molecular flexibility index (Phi) is 4.71. The maximum Gasteiger partial charge on any atom is 0.227 e. The monoisotopic (exact) mass is 318 g/mol. The van der Waals surface area contributed by atoms with Gasteiger partial charge in [0.25, 0.3) is 0 Å². The average Bonchev–Trinajstić information content (AvgIpc) is 3.17. The summed E-state index contributed by atoms with van der Waals surface area (Å²) in [5.74, 6) is 1.58. The number of aromatic nitrogens is 5. The fourth-order valence-corrected chi connectivity index (χ4v) is 2.68. The smallest absolute Gasteiger partial charge is 0.227 e. The number of aromatic amines is 1. The Hall–Kier alpha value is -2.22. The average molecular weight is 318 g/mol. The molecule has 3 rings (SSSR count). The number of hydrogen-bond acceptors (Lipinski definition) is 5. The molecule has 3 heterocycles. The minimum Gasteiger partial charge on any atom is -0.366 e. The molecule has 1 fully saturated rings. The first-order valence-electron chi connectivity index (χ1n) is 7.93. The highest BCUT2D eigenvalue weighted by molar-refractivity contribution is 5.78. The number of nitrogens with zero attached hydrogens (tertiary/aromatic N) is 5. The largest absolute Gasteiger partial charge is 0.366 e. The van der Waals surface area contributed by atoms with Crippen LogP contribution in [0.25, 0.3) is 0 Å². The molecule has 8 nitrogen and oxygen atoms in total. The van der Waals surface area contributed by atoms with Crippen LogP contribution in [-0.2, 0) is 29.4 Å². The van der Waals surface area contributed by atoms with Crippen LogP contribution in [0.3, 0.4) is 0 Å². The fraction of sp³-hybridized carbons (Fsp3) is 0.600. The summed E-state index contributed by atoms with van der Waals surface area (Å²) >= 11 is 0. The van der Waals surface area contributed by atoms with Crippen molar-refractivity contribution in [2.75, 3.05) is 19.7 Å². The third-order valence-electron chi connectivity index (χ3n) is 3.86. The first-order chi connectivity index (χ1) is 11.2. The maximum absolute atomic E-state index is 12.4. The lowest BCUT2D eigenvalue weighted by molar-refractivity contribution is -0.138. The number of carbonyl (C=O) groups excluding carboxylic acids is 1. The number of aryl methyl sites for hydroxylation is 2. The second kappa shape index (κ2) is 6.91. The summed E-state index contributed by atoms with van der Waals surface area (Å²) in [4.78, 5) is 18.7. The van der Waals surface area contributed by atoms with E-state index in [1.807, 2.05) is 18.1 Å². The molecule has 0 bridgehead atoms. The van der Waals surface area contributed by atoms with Crippen LogP contribution >= 0.6 is 0 Å². The van der Waals surface area contributed by atoms with Crippen LogP contribution < -0.4 is 0 Å². The van der Waals surface area contributed by atoms with Crippen molar-refractivity contribution in [3.05, 3.63) is 29.6 Å². The first-order valence-corrected chi connectivity index (χ1v) is 7.93. The van der Waals surface area contributed by atoms with Gasteiger partial charge in [-0.15, -0.1) is 0 Å². The van der Waals surface area contributed by atoms with Gasteiger partial charge in [-0.2, -0.15) is 10.2 Å². The molecule has 1 N–H and O–H groups in total. The molecule has 1 aliphatic heterocycles. The molecule has 2 aromatic rings. The highest BCUT2D eigenvalue weighted by atomic mass is 16.5. The highest BCUT2D eigenvalue weighted by Gasteiger charge is 2.28. The Morgan fingerprint density at radius 1 is 1.52 bits per heavy atom. The highest BCUT2D eigenvalue weighted by Crippen LogP contribution is 2.20. The molecule has 1 saturated heterocycles. The summed E-state index contributed by atoms with van der Waals surface area (Å²) in [6.07, 6.45) is 5.56. The van der Waals surface area contributed by atoms with Crippen molar-refractivity contribution >= 4 is 5.91 Å². The standard InChI is InChI=1S/C15H22N6O2/c1-3-4-13-17-15(19-18-13)12-10-21(5-6-23-12)14(22)7-11-8-16-20(2)9-11/h8-9,12H,3-7,10H2,1-2H3,(H,17,18,19). The van der Waals surface area contributed by atoms with Gasteiger partial charge in [0.05, 0.1) is 25.8 Å². The summed E-state index contributed by atoms with van der Waals surface area (Å²) < 4.78 is 7.44. The van der Waals surface area contributed by atoms with E-state index >= 15 is 0 Å². The second-order valence-corrected chi connectivity index (χ2v) is 5.79. The Morgan fingerprint density at radius 3 is 3.13 bits per heavy atom. The predicted octanol–water partition coefficient (Wildman–Crippen LogP) is 0.633. The zero-order valence-corrected chi connectivity index (χ0v) is 13.5. The molecule has 2 aromatic heterocycles. The van der Waals surface area contributed by atoms with Crippen LogP contribution in [-0.4, -0.2) is 55.5 Å². The third-order valence-corrected chi connectivity index (χ3v) is 3.86. The molecule has 1 atom stereocenters. The second-order valence-electron chi connectivity index (χ2n) is 5.79. The fourth-order valence-electron chi connectivity index (χ4n) is 2.68. The normalized spacial score (nSPS) is 18.3. The topological polar surface area (TPSA) is 88.9 Å². The van der Waals surface area contributed by atoms with Crippen LogP contribution in [0.4, 0.5) is 0 Å². The summed E-state index contributed by atoms with van der Waals surface area (Å²) in [6, 6.07) is 0. The van der Waals surface area contributed by atoms with Crippen molar-refractivity contribution in [1.82, 2.24) is 29.9 Å². The molecule has 0 aliphatic carbocycles.